The molecule has 90 valence electrons. The van der Waals surface area contributed by atoms with Crippen LogP contribution in [0.4, 0.5) is 17.6 Å². The first-order chi connectivity index (χ1) is 7.33. The van der Waals surface area contributed by atoms with E-state index in [0.717, 1.165) is 0 Å². The summed E-state index contributed by atoms with van der Waals surface area (Å²) in [6.07, 6.45) is -3.83. The van der Waals surface area contributed by atoms with Gasteiger partial charge in [-0.1, -0.05) is 0 Å². The molecule has 1 amide bonds. The predicted octanol–water partition coefficient (Wildman–Crippen LogP) is 0.743. The van der Waals surface area contributed by atoms with Crippen LogP contribution in [0, 0.1) is 6.92 Å². The average molecular weight is 240 g/mol. The van der Waals surface area contributed by atoms with Gasteiger partial charge < -0.3 is 5.32 Å². The number of nitrogens with one attached hydrogen (secondary N) is 2. The Morgan fingerprint density at radius 2 is 2.19 bits per heavy atom. The van der Waals surface area contributed by atoms with Crippen molar-refractivity contribution in [3.8, 4) is 0 Å². The van der Waals surface area contributed by atoms with Crippen molar-refractivity contribution in [1.82, 2.24) is 20.5 Å². The van der Waals surface area contributed by atoms with Crippen LogP contribution in [-0.2, 0) is 0 Å². The van der Waals surface area contributed by atoms with Gasteiger partial charge >= 0.3 is 12.3 Å². The third-order valence-corrected chi connectivity index (χ3v) is 1.60. The normalized spacial score (nSPS) is 11.9. The monoisotopic (exact) mass is 240 g/mol. The number of alkyl halides is 4. The van der Waals surface area contributed by atoms with Crippen molar-refractivity contribution in [1.29, 1.82) is 0 Å². The maximum atomic E-state index is 12.4. The molecule has 0 bridgehead atoms. The van der Waals surface area contributed by atoms with E-state index in [-0.39, 0.29) is 5.82 Å². The number of carbonyl (C=O) groups is 1. The van der Waals surface area contributed by atoms with Crippen LogP contribution in [0.5, 0.6) is 0 Å². The van der Waals surface area contributed by atoms with Crippen LogP contribution >= 0.6 is 0 Å². The third-order valence-electron chi connectivity index (χ3n) is 1.60. The molecular weight excluding hydrogens is 232 g/mol. The number of aromatic nitrogens is 3. The summed E-state index contributed by atoms with van der Waals surface area (Å²) in [6.45, 7) is 0.0363. The van der Waals surface area contributed by atoms with Gasteiger partial charge in [0.1, 0.15) is 5.82 Å². The van der Waals surface area contributed by atoms with Crippen molar-refractivity contribution in [2.24, 2.45) is 0 Å². The van der Waals surface area contributed by atoms with Crippen molar-refractivity contribution in [3.63, 3.8) is 0 Å². The van der Waals surface area contributed by atoms with Gasteiger partial charge in [0.05, 0.1) is 6.54 Å². The van der Waals surface area contributed by atoms with Crippen molar-refractivity contribution in [3.05, 3.63) is 11.6 Å². The standard InChI is InChI=1S/C7H8F4N4O/c1-3-13-4(15-14-3)5(16)12-2-7(10,11)6(8)9/h6H,2H2,1H3,(H,12,16)(H,13,14,15). The maximum absolute atomic E-state index is 12.4. The fraction of sp³-hybridized carbons (Fsp3) is 0.571. The Balaban J connectivity index is 2.54. The quantitative estimate of drug-likeness (QED) is 0.762. The molecule has 0 saturated heterocycles. The summed E-state index contributed by atoms with van der Waals surface area (Å²) in [7, 11) is 0. The molecule has 0 atom stereocenters. The highest BCUT2D eigenvalue weighted by atomic mass is 19.3. The number of rotatable bonds is 4. The van der Waals surface area contributed by atoms with Crippen LogP contribution in [0.1, 0.15) is 16.4 Å². The Morgan fingerprint density at radius 3 is 2.62 bits per heavy atom. The van der Waals surface area contributed by atoms with Gasteiger partial charge in [-0.15, -0.1) is 5.10 Å². The van der Waals surface area contributed by atoms with Gasteiger partial charge in [-0.25, -0.2) is 13.8 Å². The van der Waals surface area contributed by atoms with Crippen LogP contribution in [0.3, 0.4) is 0 Å². The lowest BCUT2D eigenvalue weighted by atomic mass is 10.3. The number of H-pyrrole nitrogens is 1. The summed E-state index contributed by atoms with van der Waals surface area (Å²) < 4.78 is 48.3. The fourth-order valence-electron chi connectivity index (χ4n) is 0.799. The van der Waals surface area contributed by atoms with Crippen LogP contribution in [0.15, 0.2) is 0 Å². The molecule has 0 aliphatic rings. The average Bonchev–Trinajstić information content (AvgIpc) is 2.61. The van der Waals surface area contributed by atoms with Gasteiger partial charge in [0.15, 0.2) is 0 Å². The number of nitrogens with zero attached hydrogens (tertiary/aromatic N) is 2. The summed E-state index contributed by atoms with van der Waals surface area (Å²) >= 11 is 0. The van der Waals surface area contributed by atoms with E-state index in [2.05, 4.69) is 15.2 Å². The number of aromatic amines is 1. The highest BCUT2D eigenvalue weighted by Gasteiger charge is 2.41. The van der Waals surface area contributed by atoms with Gasteiger partial charge in [-0.05, 0) is 6.92 Å². The lowest BCUT2D eigenvalue weighted by molar-refractivity contribution is -0.123. The summed E-state index contributed by atoms with van der Waals surface area (Å²) in [4.78, 5) is 14.6. The SMILES string of the molecule is Cc1nc(C(=O)NCC(F)(F)C(F)F)n[nH]1. The van der Waals surface area contributed by atoms with E-state index in [1.165, 1.54) is 6.92 Å². The molecule has 0 aliphatic heterocycles. The first-order valence-electron chi connectivity index (χ1n) is 4.16. The van der Waals surface area contributed by atoms with Gasteiger partial charge in [-0.2, -0.15) is 8.78 Å². The summed E-state index contributed by atoms with van der Waals surface area (Å²) in [5, 5.41) is 7.31. The van der Waals surface area contributed by atoms with Crippen molar-refractivity contribution in [2.75, 3.05) is 6.54 Å². The zero-order valence-corrected chi connectivity index (χ0v) is 8.10. The Hall–Kier alpha value is -1.67. The second-order valence-corrected chi connectivity index (χ2v) is 2.99. The Morgan fingerprint density at radius 1 is 1.56 bits per heavy atom. The molecule has 2 N–H and O–H groups in total. The maximum Gasteiger partial charge on any atom is 0.324 e. The van der Waals surface area contributed by atoms with Gasteiger partial charge in [0.2, 0.25) is 5.82 Å². The Bertz CT molecular complexity index is 378. The largest absolute Gasteiger partial charge is 0.343 e. The molecule has 1 aromatic rings. The molecule has 0 unspecified atom stereocenters. The van der Waals surface area contributed by atoms with Gasteiger partial charge in [-0.3, -0.25) is 9.89 Å². The number of hydrogen-bond acceptors (Lipinski definition) is 3. The van der Waals surface area contributed by atoms with E-state index in [0.29, 0.717) is 5.82 Å². The van der Waals surface area contributed by atoms with Crippen molar-refractivity contribution in [2.45, 2.75) is 19.3 Å². The molecule has 0 fully saturated rings. The van der Waals surface area contributed by atoms with E-state index >= 15 is 0 Å². The first-order valence-corrected chi connectivity index (χ1v) is 4.16. The van der Waals surface area contributed by atoms with E-state index in [9.17, 15) is 22.4 Å². The minimum Gasteiger partial charge on any atom is -0.343 e. The molecule has 0 aliphatic carbocycles. The lowest BCUT2D eigenvalue weighted by Gasteiger charge is -2.14. The molecule has 9 heteroatoms. The van der Waals surface area contributed by atoms with E-state index in [1.807, 2.05) is 0 Å². The molecule has 5 nitrogen and oxygen atoms in total. The molecule has 0 radical (unpaired) electrons. The second-order valence-electron chi connectivity index (χ2n) is 2.99. The highest BCUT2D eigenvalue weighted by Crippen LogP contribution is 2.21. The molecule has 0 saturated carbocycles. The van der Waals surface area contributed by atoms with E-state index < -0.39 is 24.8 Å². The van der Waals surface area contributed by atoms with Crippen LogP contribution in [0.2, 0.25) is 0 Å². The molecular formula is C7H8F4N4O. The first kappa shape index (κ1) is 12.4. The minimum atomic E-state index is -4.26. The van der Waals surface area contributed by atoms with Crippen LogP contribution < -0.4 is 5.32 Å². The lowest BCUT2D eigenvalue weighted by Crippen LogP contribution is -2.41. The molecule has 16 heavy (non-hydrogen) atoms. The van der Waals surface area contributed by atoms with Crippen molar-refractivity contribution >= 4 is 5.91 Å². The smallest absolute Gasteiger partial charge is 0.324 e. The molecule has 1 heterocycles. The Kier molecular flexibility index (Phi) is 3.45. The van der Waals surface area contributed by atoms with Crippen LogP contribution in [-0.4, -0.2) is 40.0 Å². The third kappa shape index (κ3) is 2.91. The molecule has 1 aromatic heterocycles. The van der Waals surface area contributed by atoms with Gasteiger partial charge in [0, 0.05) is 0 Å². The highest BCUT2D eigenvalue weighted by molar-refractivity contribution is 5.90. The predicted molar refractivity (Wildman–Crippen MR) is 44.4 cm³/mol. The minimum absolute atomic E-state index is 0.311. The zero-order chi connectivity index (χ0) is 12.3. The second kappa shape index (κ2) is 4.45. The summed E-state index contributed by atoms with van der Waals surface area (Å²) in [5.41, 5.74) is 0. The summed E-state index contributed by atoms with van der Waals surface area (Å²) in [5.74, 6) is -5.36. The number of carbonyl (C=O) groups excluding carboxylic acids is 1. The van der Waals surface area contributed by atoms with E-state index in [4.69, 9.17) is 0 Å². The number of halogens is 4. The number of aryl methyl sites for hydroxylation is 1. The summed E-state index contributed by atoms with van der Waals surface area (Å²) in [6, 6.07) is 0. The molecule has 1 rings (SSSR count). The van der Waals surface area contributed by atoms with Crippen LogP contribution in [0.25, 0.3) is 0 Å². The fourth-order valence-corrected chi connectivity index (χ4v) is 0.799. The number of hydrogen-bond donors (Lipinski definition) is 2. The van der Waals surface area contributed by atoms with Gasteiger partial charge in [0.25, 0.3) is 5.91 Å². The zero-order valence-electron chi connectivity index (χ0n) is 8.10. The topological polar surface area (TPSA) is 70.7 Å². The van der Waals surface area contributed by atoms with E-state index in [1.54, 1.807) is 5.32 Å². The molecule has 0 spiro atoms. The Labute approximate surface area is 87.2 Å². The van der Waals surface area contributed by atoms with Crippen molar-refractivity contribution < 1.29 is 22.4 Å². The number of amides is 1. The molecule has 0 aromatic carbocycles.